The molecule has 0 aliphatic rings. The molecule has 0 aliphatic heterocycles. The van der Waals surface area contributed by atoms with E-state index in [1.165, 1.54) is 48.5 Å². The average molecular weight is 502 g/mol. The summed E-state index contributed by atoms with van der Waals surface area (Å²) in [6.07, 6.45) is 3.27. The molecule has 1 heterocycles. The standard InChI is InChI=1S/C27H24FN5O4/c1-31(2)22-12-11-18(16-23(22)33(36)37)25(34)20-9-4-5-10-21(20)27(35)30-24(26-29-13-14-32(26)3)17-7-6-8-19(28)15-17/h4-16,24H,1-3H3,(H,30,35). The Balaban J connectivity index is 1.72. The second-order valence-electron chi connectivity index (χ2n) is 8.59. The summed E-state index contributed by atoms with van der Waals surface area (Å²) in [6.45, 7) is 0. The van der Waals surface area contributed by atoms with Crippen LogP contribution in [0.15, 0.2) is 79.1 Å². The second-order valence-corrected chi connectivity index (χ2v) is 8.59. The van der Waals surface area contributed by atoms with Crippen molar-refractivity contribution in [2.45, 2.75) is 6.04 Å². The maximum absolute atomic E-state index is 14.0. The van der Waals surface area contributed by atoms with Crippen LogP contribution in [0.25, 0.3) is 0 Å². The van der Waals surface area contributed by atoms with Gasteiger partial charge in [-0.3, -0.25) is 19.7 Å². The van der Waals surface area contributed by atoms with E-state index in [9.17, 15) is 24.1 Å². The fourth-order valence-electron chi connectivity index (χ4n) is 4.07. The third kappa shape index (κ3) is 5.22. The normalized spacial score (nSPS) is 11.6. The molecule has 1 unspecified atom stereocenters. The number of halogens is 1. The Bertz CT molecular complexity index is 1500. The summed E-state index contributed by atoms with van der Waals surface area (Å²) >= 11 is 0. The lowest BCUT2D eigenvalue weighted by atomic mass is 9.96. The molecule has 0 fully saturated rings. The quantitative estimate of drug-likeness (QED) is 0.219. The third-order valence-corrected chi connectivity index (χ3v) is 5.91. The molecule has 0 bridgehead atoms. The molecule has 1 aromatic heterocycles. The number of hydrogen-bond donors (Lipinski definition) is 1. The van der Waals surface area contributed by atoms with Gasteiger partial charge in [0.25, 0.3) is 11.6 Å². The van der Waals surface area contributed by atoms with Crippen LogP contribution in [-0.2, 0) is 7.05 Å². The van der Waals surface area contributed by atoms with Gasteiger partial charge in [-0.1, -0.05) is 30.3 Å². The van der Waals surface area contributed by atoms with E-state index in [1.54, 1.807) is 61.2 Å². The van der Waals surface area contributed by atoms with Crippen LogP contribution in [0.3, 0.4) is 0 Å². The number of aromatic nitrogens is 2. The van der Waals surface area contributed by atoms with Crippen molar-refractivity contribution < 1.29 is 18.9 Å². The van der Waals surface area contributed by atoms with Crippen LogP contribution in [0, 0.1) is 15.9 Å². The number of amides is 1. The molecule has 10 heteroatoms. The molecule has 1 amide bonds. The second kappa shape index (κ2) is 10.4. The predicted octanol–water partition coefficient (Wildman–Crippen LogP) is 4.28. The van der Waals surface area contributed by atoms with Gasteiger partial charge in [0.2, 0.25) is 0 Å². The Morgan fingerprint density at radius 2 is 1.78 bits per heavy atom. The maximum atomic E-state index is 14.0. The first-order chi connectivity index (χ1) is 17.7. The van der Waals surface area contributed by atoms with Crippen molar-refractivity contribution in [3.05, 3.63) is 123 Å². The van der Waals surface area contributed by atoms with Crippen molar-refractivity contribution >= 4 is 23.1 Å². The molecule has 0 spiro atoms. The van der Waals surface area contributed by atoms with Crippen LogP contribution < -0.4 is 10.2 Å². The summed E-state index contributed by atoms with van der Waals surface area (Å²) in [4.78, 5) is 43.9. The third-order valence-electron chi connectivity index (χ3n) is 5.91. The smallest absolute Gasteiger partial charge is 0.293 e. The highest BCUT2D eigenvalue weighted by atomic mass is 19.1. The van der Waals surface area contributed by atoms with E-state index in [4.69, 9.17) is 0 Å². The van der Waals surface area contributed by atoms with E-state index in [1.807, 2.05) is 0 Å². The summed E-state index contributed by atoms with van der Waals surface area (Å²) in [7, 11) is 5.09. The van der Waals surface area contributed by atoms with Crippen LogP contribution in [0.5, 0.6) is 0 Å². The molecule has 4 rings (SSSR count). The van der Waals surface area contributed by atoms with E-state index in [0.29, 0.717) is 17.1 Å². The Hall–Kier alpha value is -4.86. The molecule has 4 aromatic rings. The number of ketones is 1. The first-order valence-corrected chi connectivity index (χ1v) is 11.3. The van der Waals surface area contributed by atoms with Crippen molar-refractivity contribution in [1.29, 1.82) is 0 Å². The van der Waals surface area contributed by atoms with Crippen molar-refractivity contribution in [2.75, 3.05) is 19.0 Å². The molecule has 188 valence electrons. The number of nitrogens with zero attached hydrogens (tertiary/aromatic N) is 4. The summed E-state index contributed by atoms with van der Waals surface area (Å²) in [5.74, 6) is -1.12. The first-order valence-electron chi connectivity index (χ1n) is 11.3. The SMILES string of the molecule is CN(C)c1ccc(C(=O)c2ccccc2C(=O)NC(c2cccc(F)c2)c2nccn2C)cc1[N+](=O)[O-]. The monoisotopic (exact) mass is 501 g/mol. The van der Waals surface area contributed by atoms with E-state index >= 15 is 0 Å². The first kappa shape index (κ1) is 25.2. The topological polar surface area (TPSA) is 110 Å². The number of hydrogen-bond acceptors (Lipinski definition) is 6. The maximum Gasteiger partial charge on any atom is 0.293 e. The minimum absolute atomic E-state index is 0.0717. The lowest BCUT2D eigenvalue weighted by Gasteiger charge is -2.20. The van der Waals surface area contributed by atoms with Gasteiger partial charge in [0.15, 0.2) is 5.78 Å². The Morgan fingerprint density at radius 3 is 2.41 bits per heavy atom. The van der Waals surface area contributed by atoms with Crippen molar-refractivity contribution in [1.82, 2.24) is 14.9 Å². The molecule has 0 saturated heterocycles. The number of rotatable bonds is 8. The van der Waals surface area contributed by atoms with Gasteiger partial charge in [-0.05, 0) is 35.9 Å². The average Bonchev–Trinajstić information content (AvgIpc) is 3.31. The van der Waals surface area contributed by atoms with Gasteiger partial charge >= 0.3 is 0 Å². The molecule has 0 radical (unpaired) electrons. The minimum Gasteiger partial charge on any atom is -0.372 e. The lowest BCUT2D eigenvalue weighted by molar-refractivity contribution is -0.384. The zero-order valence-electron chi connectivity index (χ0n) is 20.4. The van der Waals surface area contributed by atoms with Crippen LogP contribution >= 0.6 is 0 Å². The van der Waals surface area contributed by atoms with Crippen LogP contribution in [0.2, 0.25) is 0 Å². The van der Waals surface area contributed by atoms with Gasteiger partial charge < -0.3 is 14.8 Å². The van der Waals surface area contributed by atoms with Crippen molar-refractivity contribution in [3.63, 3.8) is 0 Å². The number of anilines is 1. The molecule has 1 N–H and O–H groups in total. The van der Waals surface area contributed by atoms with Crippen molar-refractivity contribution in [3.8, 4) is 0 Å². The number of carbonyl (C=O) groups excluding carboxylic acids is 2. The van der Waals surface area contributed by atoms with Gasteiger partial charge in [0.1, 0.15) is 23.4 Å². The molecule has 0 aliphatic carbocycles. The summed E-state index contributed by atoms with van der Waals surface area (Å²) in [6, 6.07) is 15.4. The number of carbonyl (C=O) groups is 2. The molecule has 37 heavy (non-hydrogen) atoms. The molecule has 9 nitrogen and oxygen atoms in total. The van der Waals surface area contributed by atoms with Gasteiger partial charge in [-0.2, -0.15) is 0 Å². The number of nitro benzene ring substituents is 1. The highest BCUT2D eigenvalue weighted by Crippen LogP contribution is 2.29. The molecule has 1 atom stereocenters. The minimum atomic E-state index is -0.799. The predicted molar refractivity (Wildman–Crippen MR) is 136 cm³/mol. The Morgan fingerprint density at radius 1 is 1.05 bits per heavy atom. The number of aryl methyl sites for hydroxylation is 1. The molecular weight excluding hydrogens is 477 g/mol. The highest BCUT2D eigenvalue weighted by molar-refractivity contribution is 6.15. The van der Waals surface area contributed by atoms with E-state index in [2.05, 4.69) is 10.3 Å². The van der Waals surface area contributed by atoms with Crippen LogP contribution in [0.1, 0.15) is 43.7 Å². The molecule has 3 aromatic carbocycles. The van der Waals surface area contributed by atoms with E-state index in [0.717, 1.165) is 0 Å². The number of nitro groups is 1. The summed E-state index contributed by atoms with van der Waals surface area (Å²) in [5, 5.41) is 14.5. The van der Waals surface area contributed by atoms with E-state index < -0.39 is 28.5 Å². The molecular formula is C27H24FN5O4. The lowest BCUT2D eigenvalue weighted by Crippen LogP contribution is -2.32. The van der Waals surface area contributed by atoms with Gasteiger partial charge in [-0.25, -0.2) is 9.37 Å². The van der Waals surface area contributed by atoms with Crippen molar-refractivity contribution in [2.24, 2.45) is 7.05 Å². The van der Waals surface area contributed by atoms with Crippen LogP contribution in [0.4, 0.5) is 15.8 Å². The number of benzene rings is 3. The zero-order chi connectivity index (χ0) is 26.7. The largest absolute Gasteiger partial charge is 0.372 e. The fourth-order valence-corrected chi connectivity index (χ4v) is 4.07. The zero-order valence-corrected chi connectivity index (χ0v) is 20.4. The van der Waals surface area contributed by atoms with Gasteiger partial charge in [0.05, 0.1) is 10.5 Å². The van der Waals surface area contributed by atoms with Gasteiger partial charge in [0, 0.05) is 50.7 Å². The van der Waals surface area contributed by atoms with E-state index in [-0.39, 0.29) is 22.4 Å². The molecule has 0 saturated carbocycles. The Kier molecular flexibility index (Phi) is 7.10. The number of nitrogens with one attached hydrogen (secondary N) is 1. The highest BCUT2D eigenvalue weighted by Gasteiger charge is 2.26. The number of imidazole rings is 1. The summed E-state index contributed by atoms with van der Waals surface area (Å²) in [5.41, 5.74) is 0.816. The Labute approximate surface area is 212 Å². The fraction of sp³-hybridized carbons (Fsp3) is 0.148. The summed E-state index contributed by atoms with van der Waals surface area (Å²) < 4.78 is 15.7. The van der Waals surface area contributed by atoms with Gasteiger partial charge in [-0.15, -0.1) is 0 Å². The van der Waals surface area contributed by atoms with Crippen LogP contribution in [-0.4, -0.2) is 40.3 Å².